The lowest BCUT2D eigenvalue weighted by atomic mass is 10.1. The second kappa shape index (κ2) is 17.2. The van der Waals surface area contributed by atoms with Crippen LogP contribution in [0.2, 0.25) is 0 Å². The summed E-state index contributed by atoms with van der Waals surface area (Å²) in [4.78, 5) is 26.5. The highest BCUT2D eigenvalue weighted by Gasteiger charge is 1.99. The minimum atomic E-state index is -0.437. The summed E-state index contributed by atoms with van der Waals surface area (Å²) in [6.07, 6.45) is 6.12. The van der Waals surface area contributed by atoms with Gasteiger partial charge in [-0.1, -0.05) is 37.1 Å². The highest BCUT2D eigenvalue weighted by atomic mass is 16.5. The predicted octanol–water partition coefficient (Wildman–Crippen LogP) is 5.96. The standard InChI is InChI=1S/C35H29NO5/c1-3-34(37)40-23-10-9-22-36-32-19-18-30-26-29(14-17-31(30)27-32)13-8-6-5-7-12-28-15-20-33(21-16-28)39-24-11-25-41-35(38)4-2/h3-4,14-22,26-27H,1-2,9-11,23-25H2. The normalized spacial score (nSPS) is 9.76. The Morgan fingerprint density at radius 3 is 2.02 bits per heavy atom. The van der Waals surface area contributed by atoms with Crippen molar-refractivity contribution < 1.29 is 23.8 Å². The number of benzene rings is 3. The molecule has 0 aromatic heterocycles. The van der Waals surface area contributed by atoms with Crippen molar-refractivity contribution in [1.29, 1.82) is 0 Å². The van der Waals surface area contributed by atoms with E-state index >= 15 is 0 Å². The summed E-state index contributed by atoms with van der Waals surface area (Å²) >= 11 is 0. The van der Waals surface area contributed by atoms with E-state index in [1.165, 1.54) is 0 Å². The van der Waals surface area contributed by atoms with Crippen LogP contribution in [0.1, 0.15) is 30.4 Å². The SMILES string of the molecule is C=CC(=O)OCCCC=Nc1ccc2cc(C#CC#CC#Cc3ccc(OCCCOC(=O)C=C)cc3)ccc2c1. The third-order valence-electron chi connectivity index (χ3n) is 5.38. The van der Waals surface area contributed by atoms with Gasteiger partial charge >= 0.3 is 11.9 Å². The largest absolute Gasteiger partial charge is 0.493 e. The van der Waals surface area contributed by atoms with Crippen molar-refractivity contribution in [2.75, 3.05) is 19.8 Å². The monoisotopic (exact) mass is 543 g/mol. The summed E-state index contributed by atoms with van der Waals surface area (Å²) in [6.45, 7) is 7.78. The van der Waals surface area contributed by atoms with Gasteiger partial charge in [0.15, 0.2) is 0 Å². The molecule has 0 saturated carbocycles. The highest BCUT2D eigenvalue weighted by molar-refractivity contribution is 5.87. The zero-order chi connectivity index (χ0) is 29.1. The fourth-order valence-electron chi connectivity index (χ4n) is 3.35. The first-order valence-electron chi connectivity index (χ1n) is 13.0. The van der Waals surface area contributed by atoms with Crippen LogP contribution in [-0.4, -0.2) is 38.0 Å². The molecule has 204 valence electrons. The van der Waals surface area contributed by atoms with Crippen molar-refractivity contribution in [3.05, 3.63) is 97.1 Å². The number of fused-ring (bicyclic) bond motifs is 1. The molecule has 0 fully saturated rings. The molecule has 0 spiro atoms. The maximum absolute atomic E-state index is 11.0. The van der Waals surface area contributed by atoms with E-state index in [4.69, 9.17) is 14.2 Å². The maximum atomic E-state index is 11.0. The van der Waals surface area contributed by atoms with E-state index in [2.05, 4.69) is 53.7 Å². The van der Waals surface area contributed by atoms with Crippen molar-refractivity contribution in [3.8, 4) is 41.3 Å². The van der Waals surface area contributed by atoms with Crippen LogP contribution in [-0.2, 0) is 19.1 Å². The molecule has 3 aromatic rings. The number of rotatable bonds is 12. The van der Waals surface area contributed by atoms with Crippen molar-refractivity contribution in [2.45, 2.75) is 19.3 Å². The minimum absolute atomic E-state index is 0.286. The number of esters is 2. The summed E-state index contributed by atoms with van der Waals surface area (Å²) in [6, 6.07) is 19.3. The van der Waals surface area contributed by atoms with E-state index in [0.29, 0.717) is 38.2 Å². The number of aliphatic imine (C=N–C) groups is 1. The van der Waals surface area contributed by atoms with Crippen LogP contribution >= 0.6 is 0 Å². The molecular formula is C35H29NO5. The van der Waals surface area contributed by atoms with Crippen LogP contribution in [0.5, 0.6) is 5.75 Å². The molecule has 0 bridgehead atoms. The van der Waals surface area contributed by atoms with Gasteiger partial charge in [-0.15, -0.1) is 0 Å². The second-order valence-corrected chi connectivity index (χ2v) is 8.42. The maximum Gasteiger partial charge on any atom is 0.330 e. The number of hydrogen-bond donors (Lipinski definition) is 0. The van der Waals surface area contributed by atoms with Gasteiger partial charge in [-0.3, -0.25) is 4.99 Å². The molecule has 0 aliphatic carbocycles. The van der Waals surface area contributed by atoms with E-state index < -0.39 is 11.9 Å². The Kier molecular flexibility index (Phi) is 12.6. The van der Waals surface area contributed by atoms with Gasteiger partial charge in [-0.2, -0.15) is 0 Å². The fraction of sp³-hybridized carbons (Fsp3) is 0.171. The lowest BCUT2D eigenvalue weighted by Crippen LogP contribution is -2.06. The Labute approximate surface area is 240 Å². The number of nitrogens with zero attached hydrogens (tertiary/aromatic N) is 1. The molecule has 0 aliphatic rings. The molecule has 0 unspecified atom stereocenters. The quantitative estimate of drug-likeness (QED) is 0.0927. The van der Waals surface area contributed by atoms with Crippen molar-refractivity contribution in [3.63, 3.8) is 0 Å². The molecule has 0 heterocycles. The number of ether oxygens (including phenoxy) is 3. The van der Waals surface area contributed by atoms with Gasteiger partial charge in [0.2, 0.25) is 0 Å². The van der Waals surface area contributed by atoms with Crippen molar-refractivity contribution >= 4 is 34.6 Å². The number of carbonyl (C=O) groups excluding carboxylic acids is 2. The third-order valence-corrected chi connectivity index (χ3v) is 5.38. The Balaban J connectivity index is 1.45. The van der Waals surface area contributed by atoms with Gasteiger partial charge in [0.05, 0.1) is 25.5 Å². The summed E-state index contributed by atoms with van der Waals surface area (Å²) in [5.74, 6) is 17.1. The van der Waals surface area contributed by atoms with Gasteiger partial charge < -0.3 is 14.2 Å². The van der Waals surface area contributed by atoms with Gasteiger partial charge in [0.25, 0.3) is 0 Å². The lowest BCUT2D eigenvalue weighted by molar-refractivity contribution is -0.138. The zero-order valence-electron chi connectivity index (χ0n) is 22.7. The molecule has 0 N–H and O–H groups in total. The average molecular weight is 544 g/mol. The third kappa shape index (κ3) is 11.4. The van der Waals surface area contributed by atoms with Crippen LogP contribution in [0.4, 0.5) is 5.69 Å². The first-order valence-corrected chi connectivity index (χ1v) is 13.0. The molecule has 6 heteroatoms. The van der Waals surface area contributed by atoms with Crippen LogP contribution in [0.3, 0.4) is 0 Å². The van der Waals surface area contributed by atoms with E-state index in [1.54, 1.807) is 0 Å². The Morgan fingerprint density at radius 1 is 0.707 bits per heavy atom. The Hall–Kier alpha value is -5.51. The van der Waals surface area contributed by atoms with E-state index in [1.807, 2.05) is 66.9 Å². The van der Waals surface area contributed by atoms with Gasteiger partial charge in [0.1, 0.15) is 5.75 Å². The molecule has 0 amide bonds. The minimum Gasteiger partial charge on any atom is -0.493 e. The molecular weight excluding hydrogens is 514 g/mol. The molecule has 6 nitrogen and oxygen atoms in total. The van der Waals surface area contributed by atoms with Gasteiger partial charge in [-0.05, 0) is 95.8 Å². The summed E-state index contributed by atoms with van der Waals surface area (Å²) in [7, 11) is 0. The summed E-state index contributed by atoms with van der Waals surface area (Å²) < 4.78 is 15.5. The predicted molar refractivity (Wildman–Crippen MR) is 162 cm³/mol. The average Bonchev–Trinajstić information content (AvgIpc) is 3.00. The van der Waals surface area contributed by atoms with Crippen LogP contribution in [0.25, 0.3) is 10.8 Å². The topological polar surface area (TPSA) is 74.2 Å². The molecule has 3 aromatic carbocycles. The smallest absolute Gasteiger partial charge is 0.330 e. The van der Waals surface area contributed by atoms with E-state index in [9.17, 15) is 9.59 Å². The van der Waals surface area contributed by atoms with Crippen LogP contribution < -0.4 is 4.74 Å². The summed E-state index contributed by atoms with van der Waals surface area (Å²) in [5.41, 5.74) is 2.53. The molecule has 0 atom stereocenters. The molecule has 0 saturated heterocycles. The molecule has 0 radical (unpaired) electrons. The summed E-state index contributed by atoms with van der Waals surface area (Å²) in [5, 5.41) is 2.12. The van der Waals surface area contributed by atoms with E-state index in [0.717, 1.165) is 39.7 Å². The molecule has 3 rings (SSSR count). The van der Waals surface area contributed by atoms with Crippen LogP contribution in [0.15, 0.2) is 91.0 Å². The zero-order valence-corrected chi connectivity index (χ0v) is 22.7. The lowest BCUT2D eigenvalue weighted by Gasteiger charge is -2.06. The number of carbonyl (C=O) groups is 2. The molecule has 0 aliphatic heterocycles. The van der Waals surface area contributed by atoms with Gasteiger partial charge in [0, 0.05) is 35.9 Å². The Morgan fingerprint density at radius 2 is 1.32 bits per heavy atom. The highest BCUT2D eigenvalue weighted by Crippen LogP contribution is 2.22. The second-order valence-electron chi connectivity index (χ2n) is 8.42. The Bertz CT molecular complexity index is 1600. The van der Waals surface area contributed by atoms with Gasteiger partial charge in [-0.25, -0.2) is 9.59 Å². The van der Waals surface area contributed by atoms with Crippen molar-refractivity contribution in [2.24, 2.45) is 4.99 Å². The number of hydrogen-bond acceptors (Lipinski definition) is 6. The molecule has 41 heavy (non-hydrogen) atoms. The first kappa shape index (κ1) is 30.0. The number of unbranched alkanes of at least 4 members (excludes halogenated alkanes) is 1. The van der Waals surface area contributed by atoms with Crippen LogP contribution in [0, 0.1) is 35.5 Å². The van der Waals surface area contributed by atoms with Crippen molar-refractivity contribution in [1.82, 2.24) is 0 Å². The fourth-order valence-corrected chi connectivity index (χ4v) is 3.35. The first-order chi connectivity index (χ1) is 20.1. The van der Waals surface area contributed by atoms with E-state index in [-0.39, 0.29) is 6.61 Å².